The molecule has 0 aromatic heterocycles. The fourth-order valence-electron chi connectivity index (χ4n) is 3.10. The zero-order valence-corrected chi connectivity index (χ0v) is 17.0. The molecule has 1 aromatic rings. The number of rotatable bonds is 9. The van der Waals surface area contributed by atoms with Gasteiger partial charge < -0.3 is 25.0 Å². The molecule has 0 bridgehead atoms. The lowest BCUT2D eigenvalue weighted by Gasteiger charge is -2.27. The van der Waals surface area contributed by atoms with Crippen LogP contribution in [-0.2, 0) is 11.3 Å². The highest BCUT2D eigenvalue weighted by atomic mass is 19.3. The number of carbonyl (C=O) groups excluding carboxylic acids is 1. The van der Waals surface area contributed by atoms with E-state index in [0.29, 0.717) is 24.7 Å². The summed E-state index contributed by atoms with van der Waals surface area (Å²) in [5.74, 6) is 0.685. The van der Waals surface area contributed by atoms with E-state index in [1.165, 1.54) is 0 Å². The third-order valence-electron chi connectivity index (χ3n) is 4.43. The lowest BCUT2D eigenvalue weighted by Crippen LogP contribution is -2.46. The molecule has 1 aromatic carbocycles. The maximum Gasteiger partial charge on any atom is 0.387 e. The number of nitrogens with zero attached hydrogens (tertiary/aromatic N) is 2. The number of likely N-dealkylation sites (tertiary alicyclic amines) is 1. The average molecular weight is 412 g/mol. The molecule has 0 spiro atoms. The highest BCUT2D eigenvalue weighted by molar-refractivity contribution is 5.86. The van der Waals surface area contributed by atoms with Crippen molar-refractivity contribution >= 4 is 11.9 Å². The van der Waals surface area contributed by atoms with Crippen LogP contribution in [0, 0.1) is 0 Å². The molecule has 1 saturated heterocycles. The number of halogens is 2. The molecule has 9 heteroatoms. The zero-order chi connectivity index (χ0) is 21.1. The molecule has 2 N–H and O–H groups in total. The number of benzene rings is 1. The van der Waals surface area contributed by atoms with Gasteiger partial charge in [0, 0.05) is 25.2 Å². The van der Waals surface area contributed by atoms with Crippen LogP contribution in [0.3, 0.4) is 0 Å². The Balaban J connectivity index is 2.06. The number of guanidine groups is 1. The van der Waals surface area contributed by atoms with Crippen molar-refractivity contribution in [2.75, 3.05) is 32.8 Å². The van der Waals surface area contributed by atoms with E-state index in [0.717, 1.165) is 32.4 Å². The van der Waals surface area contributed by atoms with Gasteiger partial charge in [0.25, 0.3) is 0 Å². The lowest BCUT2D eigenvalue weighted by molar-refractivity contribution is -0.130. The van der Waals surface area contributed by atoms with Gasteiger partial charge in [0.15, 0.2) is 17.5 Å². The number of amides is 1. The Hall–Kier alpha value is -2.58. The number of aliphatic imine (C=N–C) groups is 1. The summed E-state index contributed by atoms with van der Waals surface area (Å²) in [5, 5.41) is 6.07. The zero-order valence-electron chi connectivity index (χ0n) is 17.0. The van der Waals surface area contributed by atoms with Crippen molar-refractivity contribution in [1.29, 1.82) is 0 Å². The summed E-state index contributed by atoms with van der Waals surface area (Å²) in [6.45, 7) is 3.43. The van der Waals surface area contributed by atoms with E-state index in [2.05, 4.69) is 20.4 Å². The Labute approximate surface area is 170 Å². The van der Waals surface area contributed by atoms with E-state index >= 15 is 0 Å². The van der Waals surface area contributed by atoms with E-state index in [9.17, 15) is 13.6 Å². The third-order valence-corrected chi connectivity index (χ3v) is 4.43. The van der Waals surface area contributed by atoms with Crippen molar-refractivity contribution in [1.82, 2.24) is 15.5 Å². The van der Waals surface area contributed by atoms with Crippen LogP contribution in [0.2, 0.25) is 0 Å². The highest BCUT2D eigenvalue weighted by Gasteiger charge is 2.17. The van der Waals surface area contributed by atoms with Gasteiger partial charge in [-0.25, -0.2) is 4.99 Å². The maximum absolute atomic E-state index is 12.8. The van der Waals surface area contributed by atoms with Gasteiger partial charge in [0.1, 0.15) is 0 Å². The SMILES string of the molecule is CCNC(=NCc1cccc(OCC)c1OC(F)F)NCC(=O)N1CCCCC1. The molecule has 2 rings (SSSR count). The summed E-state index contributed by atoms with van der Waals surface area (Å²) in [6.07, 6.45) is 3.22. The van der Waals surface area contributed by atoms with Gasteiger partial charge in [0.05, 0.1) is 19.7 Å². The van der Waals surface area contributed by atoms with Crippen LogP contribution in [0.1, 0.15) is 38.7 Å². The molecule has 0 atom stereocenters. The van der Waals surface area contributed by atoms with Gasteiger partial charge in [-0.05, 0) is 39.2 Å². The minimum atomic E-state index is -2.96. The number of para-hydroxylation sites is 1. The van der Waals surface area contributed by atoms with Crippen molar-refractivity contribution < 1.29 is 23.0 Å². The number of hydrogen-bond acceptors (Lipinski definition) is 4. The van der Waals surface area contributed by atoms with Gasteiger partial charge in [0.2, 0.25) is 5.91 Å². The van der Waals surface area contributed by atoms with Crippen LogP contribution in [0.5, 0.6) is 11.5 Å². The first-order chi connectivity index (χ1) is 14.0. The van der Waals surface area contributed by atoms with Gasteiger partial charge in [-0.1, -0.05) is 12.1 Å². The summed E-state index contributed by atoms with van der Waals surface area (Å²) < 4.78 is 35.8. The summed E-state index contributed by atoms with van der Waals surface area (Å²) in [7, 11) is 0. The standard InChI is InChI=1S/C20H30F2N4O3/c1-3-23-20(25-14-17(27)26-11-6-5-7-12-26)24-13-15-9-8-10-16(28-4-2)18(15)29-19(21)22/h8-10,19H,3-7,11-14H2,1-2H3,(H2,23,24,25). The monoisotopic (exact) mass is 412 g/mol. The first kappa shape index (κ1) is 22.7. The molecule has 1 aliphatic heterocycles. The second-order valence-corrected chi connectivity index (χ2v) is 6.55. The number of carbonyl (C=O) groups is 1. The smallest absolute Gasteiger partial charge is 0.387 e. The molecule has 162 valence electrons. The molecule has 0 aliphatic carbocycles. The normalized spacial score (nSPS) is 14.7. The van der Waals surface area contributed by atoms with E-state index in [-0.39, 0.29) is 30.5 Å². The van der Waals surface area contributed by atoms with E-state index < -0.39 is 6.61 Å². The van der Waals surface area contributed by atoms with Crippen LogP contribution >= 0.6 is 0 Å². The van der Waals surface area contributed by atoms with Crippen LogP contribution in [0.4, 0.5) is 8.78 Å². The van der Waals surface area contributed by atoms with Crippen molar-refractivity contribution in [3.63, 3.8) is 0 Å². The Morgan fingerprint density at radius 3 is 2.62 bits per heavy atom. The quantitative estimate of drug-likeness (QED) is 0.482. The van der Waals surface area contributed by atoms with Crippen molar-refractivity contribution in [3.05, 3.63) is 23.8 Å². The Bertz CT molecular complexity index is 680. The Kier molecular flexibility index (Phi) is 9.46. The summed E-state index contributed by atoms with van der Waals surface area (Å²) in [5.41, 5.74) is 0.468. The molecule has 1 heterocycles. The number of alkyl halides is 2. The topological polar surface area (TPSA) is 75.2 Å². The minimum Gasteiger partial charge on any atom is -0.490 e. The van der Waals surface area contributed by atoms with E-state index in [1.54, 1.807) is 25.1 Å². The number of ether oxygens (including phenoxy) is 2. The Morgan fingerprint density at radius 2 is 1.97 bits per heavy atom. The predicted molar refractivity (Wildman–Crippen MR) is 107 cm³/mol. The molecule has 1 aliphatic rings. The van der Waals surface area contributed by atoms with Gasteiger partial charge in [-0.2, -0.15) is 8.78 Å². The second kappa shape index (κ2) is 12.1. The first-order valence-corrected chi connectivity index (χ1v) is 10.0. The molecule has 29 heavy (non-hydrogen) atoms. The predicted octanol–water partition coefficient (Wildman–Crippen LogP) is 2.75. The fraction of sp³-hybridized carbons (Fsp3) is 0.600. The van der Waals surface area contributed by atoms with Crippen molar-refractivity contribution in [2.24, 2.45) is 4.99 Å². The second-order valence-electron chi connectivity index (χ2n) is 6.55. The van der Waals surface area contributed by atoms with E-state index in [1.807, 2.05) is 11.8 Å². The van der Waals surface area contributed by atoms with Crippen LogP contribution in [0.15, 0.2) is 23.2 Å². The van der Waals surface area contributed by atoms with Crippen LogP contribution in [0.25, 0.3) is 0 Å². The minimum absolute atomic E-state index is 0.0201. The molecule has 7 nitrogen and oxygen atoms in total. The molecule has 1 fully saturated rings. The number of hydrogen-bond donors (Lipinski definition) is 2. The highest BCUT2D eigenvalue weighted by Crippen LogP contribution is 2.33. The number of piperidine rings is 1. The van der Waals surface area contributed by atoms with E-state index in [4.69, 9.17) is 4.74 Å². The summed E-state index contributed by atoms with van der Waals surface area (Å²) >= 11 is 0. The summed E-state index contributed by atoms with van der Waals surface area (Å²) in [6, 6.07) is 4.94. The number of nitrogens with one attached hydrogen (secondary N) is 2. The van der Waals surface area contributed by atoms with Gasteiger partial charge in [-0.3, -0.25) is 4.79 Å². The fourth-order valence-corrected chi connectivity index (χ4v) is 3.10. The molecule has 0 radical (unpaired) electrons. The van der Waals surface area contributed by atoms with Crippen LogP contribution in [-0.4, -0.2) is 56.2 Å². The molecule has 0 saturated carbocycles. The van der Waals surface area contributed by atoms with Gasteiger partial charge in [-0.15, -0.1) is 0 Å². The molecular weight excluding hydrogens is 382 g/mol. The molecular formula is C20H30F2N4O3. The average Bonchev–Trinajstić information content (AvgIpc) is 2.72. The lowest BCUT2D eigenvalue weighted by atomic mass is 10.1. The van der Waals surface area contributed by atoms with Crippen molar-refractivity contribution in [2.45, 2.75) is 46.3 Å². The van der Waals surface area contributed by atoms with Gasteiger partial charge >= 0.3 is 6.61 Å². The first-order valence-electron chi connectivity index (χ1n) is 10.0. The summed E-state index contributed by atoms with van der Waals surface area (Å²) in [4.78, 5) is 18.6. The van der Waals surface area contributed by atoms with Crippen LogP contribution < -0.4 is 20.1 Å². The molecule has 0 unspecified atom stereocenters. The maximum atomic E-state index is 12.8. The third kappa shape index (κ3) is 7.40. The van der Waals surface area contributed by atoms with Crippen molar-refractivity contribution in [3.8, 4) is 11.5 Å². The molecule has 1 amide bonds. The Morgan fingerprint density at radius 1 is 1.21 bits per heavy atom. The largest absolute Gasteiger partial charge is 0.490 e.